The van der Waals surface area contributed by atoms with E-state index in [-0.39, 0.29) is 0 Å². The molecule has 0 radical (unpaired) electrons. The van der Waals surface area contributed by atoms with E-state index in [1.807, 2.05) is 29.2 Å². The molecule has 1 atom stereocenters. The first-order valence-electron chi connectivity index (χ1n) is 7.18. The number of carbonyl (C=O) groups is 1. The highest BCUT2D eigenvalue weighted by Crippen LogP contribution is 2.26. The van der Waals surface area contributed by atoms with Crippen LogP contribution in [0.25, 0.3) is 0 Å². The van der Waals surface area contributed by atoms with Gasteiger partial charge in [-0.05, 0) is 42.4 Å². The molecule has 2 rings (SSSR count). The van der Waals surface area contributed by atoms with Gasteiger partial charge < -0.3 is 10.6 Å². The first-order valence-corrected chi connectivity index (χ1v) is 7.18. The highest BCUT2D eigenvalue weighted by molar-refractivity contribution is 5.76. The Bertz CT molecular complexity index is 425. The van der Waals surface area contributed by atoms with Crippen LogP contribution in [0.3, 0.4) is 0 Å². The zero-order valence-corrected chi connectivity index (χ0v) is 11.9. The number of hydrogen-bond donors (Lipinski definition) is 1. The molecule has 19 heavy (non-hydrogen) atoms. The number of anilines is 1. The van der Waals surface area contributed by atoms with Gasteiger partial charge in [0, 0.05) is 25.2 Å². The molecule has 1 fully saturated rings. The number of likely N-dealkylation sites (tertiary alicyclic amines) is 1. The minimum atomic E-state index is 0.292. The van der Waals surface area contributed by atoms with Crippen molar-refractivity contribution in [2.75, 3.05) is 12.3 Å². The van der Waals surface area contributed by atoms with Crippen molar-refractivity contribution in [3.8, 4) is 0 Å². The van der Waals surface area contributed by atoms with Gasteiger partial charge >= 0.3 is 0 Å². The van der Waals surface area contributed by atoms with Crippen LogP contribution in [0, 0.1) is 11.8 Å². The summed E-state index contributed by atoms with van der Waals surface area (Å²) in [6.07, 6.45) is 2.85. The molecule has 0 spiro atoms. The summed E-state index contributed by atoms with van der Waals surface area (Å²) in [5.41, 5.74) is 7.61. The third-order valence-electron chi connectivity index (χ3n) is 4.15. The number of benzene rings is 1. The minimum Gasteiger partial charge on any atom is -0.399 e. The quantitative estimate of drug-likeness (QED) is 0.849. The van der Waals surface area contributed by atoms with Gasteiger partial charge in [0.15, 0.2) is 0 Å². The van der Waals surface area contributed by atoms with Crippen LogP contribution in [0.1, 0.15) is 38.7 Å². The van der Waals surface area contributed by atoms with Gasteiger partial charge in [-0.1, -0.05) is 26.0 Å². The van der Waals surface area contributed by atoms with Gasteiger partial charge in [0.2, 0.25) is 5.91 Å². The molecule has 1 aliphatic rings. The molecule has 1 aromatic rings. The summed E-state index contributed by atoms with van der Waals surface area (Å²) in [5, 5.41) is 0. The lowest BCUT2D eigenvalue weighted by Crippen LogP contribution is -2.29. The predicted molar refractivity (Wildman–Crippen MR) is 78.5 cm³/mol. The average Bonchev–Trinajstić information content (AvgIpc) is 2.55. The van der Waals surface area contributed by atoms with Gasteiger partial charge in [-0.2, -0.15) is 0 Å². The molecule has 104 valence electrons. The van der Waals surface area contributed by atoms with Gasteiger partial charge in [-0.25, -0.2) is 0 Å². The van der Waals surface area contributed by atoms with Crippen LogP contribution in [-0.4, -0.2) is 17.4 Å². The number of nitrogens with zero attached hydrogens (tertiary/aromatic N) is 1. The summed E-state index contributed by atoms with van der Waals surface area (Å²) >= 11 is 0. The molecule has 1 unspecified atom stereocenters. The molecule has 1 saturated heterocycles. The Hall–Kier alpha value is -1.51. The smallest absolute Gasteiger partial charge is 0.222 e. The molecule has 3 heteroatoms. The van der Waals surface area contributed by atoms with Crippen molar-refractivity contribution in [3.05, 3.63) is 29.8 Å². The van der Waals surface area contributed by atoms with Crippen LogP contribution in [0.4, 0.5) is 5.69 Å². The Kier molecular flexibility index (Phi) is 4.46. The molecule has 1 aromatic carbocycles. The van der Waals surface area contributed by atoms with Crippen molar-refractivity contribution in [1.82, 2.24) is 4.90 Å². The van der Waals surface area contributed by atoms with Crippen molar-refractivity contribution in [2.24, 2.45) is 11.8 Å². The molecule has 2 N–H and O–H groups in total. The minimum absolute atomic E-state index is 0.292. The SMILES string of the molecule is CC(C)C1CCC(=O)N(Cc2ccc(N)cc2)CC1. The van der Waals surface area contributed by atoms with Crippen LogP contribution >= 0.6 is 0 Å². The van der Waals surface area contributed by atoms with Gasteiger partial charge in [0.25, 0.3) is 0 Å². The van der Waals surface area contributed by atoms with Crippen molar-refractivity contribution in [3.63, 3.8) is 0 Å². The molecular formula is C16H24N2O. The topological polar surface area (TPSA) is 46.3 Å². The van der Waals surface area contributed by atoms with E-state index in [9.17, 15) is 4.79 Å². The van der Waals surface area contributed by atoms with Gasteiger partial charge in [-0.15, -0.1) is 0 Å². The zero-order chi connectivity index (χ0) is 13.8. The Balaban J connectivity index is 1.99. The van der Waals surface area contributed by atoms with Gasteiger partial charge in [0.1, 0.15) is 0 Å². The molecule has 1 heterocycles. The second-order valence-corrected chi connectivity index (χ2v) is 5.89. The van der Waals surface area contributed by atoms with Crippen LogP contribution in [0.5, 0.6) is 0 Å². The van der Waals surface area contributed by atoms with Crippen molar-refractivity contribution < 1.29 is 4.79 Å². The average molecular weight is 260 g/mol. The highest BCUT2D eigenvalue weighted by Gasteiger charge is 2.24. The molecule has 0 aromatic heterocycles. The van der Waals surface area contributed by atoms with Crippen LogP contribution in [-0.2, 0) is 11.3 Å². The number of nitrogens with two attached hydrogens (primary N) is 1. The van der Waals surface area contributed by atoms with Crippen LogP contribution in [0.15, 0.2) is 24.3 Å². The van der Waals surface area contributed by atoms with E-state index in [0.717, 1.165) is 30.6 Å². The summed E-state index contributed by atoms with van der Waals surface area (Å²) in [6, 6.07) is 7.81. The number of carbonyl (C=O) groups excluding carboxylic acids is 1. The van der Waals surface area contributed by atoms with E-state index in [1.165, 1.54) is 0 Å². The molecule has 0 bridgehead atoms. The maximum Gasteiger partial charge on any atom is 0.222 e. The Labute approximate surface area is 115 Å². The normalized spacial score (nSPS) is 20.7. The first kappa shape index (κ1) is 13.9. The highest BCUT2D eigenvalue weighted by atomic mass is 16.2. The maximum absolute atomic E-state index is 12.2. The molecule has 3 nitrogen and oxygen atoms in total. The third kappa shape index (κ3) is 3.72. The van der Waals surface area contributed by atoms with E-state index < -0.39 is 0 Å². The second-order valence-electron chi connectivity index (χ2n) is 5.89. The van der Waals surface area contributed by atoms with Gasteiger partial charge in [-0.3, -0.25) is 4.79 Å². The first-order chi connectivity index (χ1) is 9.06. The number of nitrogen functional groups attached to an aromatic ring is 1. The Morgan fingerprint density at radius 3 is 2.58 bits per heavy atom. The summed E-state index contributed by atoms with van der Waals surface area (Å²) in [6.45, 7) is 6.10. The lowest BCUT2D eigenvalue weighted by atomic mass is 9.89. The number of rotatable bonds is 3. The van der Waals surface area contributed by atoms with E-state index in [1.54, 1.807) is 0 Å². The molecular weight excluding hydrogens is 236 g/mol. The molecule has 1 aliphatic heterocycles. The van der Waals surface area contributed by atoms with E-state index in [0.29, 0.717) is 30.7 Å². The van der Waals surface area contributed by atoms with Gasteiger partial charge in [0.05, 0.1) is 0 Å². The van der Waals surface area contributed by atoms with Crippen molar-refractivity contribution >= 4 is 11.6 Å². The molecule has 0 aliphatic carbocycles. The summed E-state index contributed by atoms with van der Waals surface area (Å²) < 4.78 is 0. The standard InChI is InChI=1S/C16H24N2O/c1-12(2)14-5-8-16(19)18(10-9-14)11-13-3-6-15(17)7-4-13/h3-4,6-7,12,14H,5,8-11,17H2,1-2H3. The fourth-order valence-electron chi connectivity index (χ4n) is 2.74. The molecule has 1 amide bonds. The second kappa shape index (κ2) is 6.09. The fraction of sp³-hybridized carbons (Fsp3) is 0.562. The third-order valence-corrected chi connectivity index (χ3v) is 4.15. The summed E-state index contributed by atoms with van der Waals surface area (Å²) in [5.74, 6) is 1.64. The summed E-state index contributed by atoms with van der Waals surface area (Å²) in [4.78, 5) is 14.1. The van der Waals surface area contributed by atoms with E-state index >= 15 is 0 Å². The molecule has 0 saturated carbocycles. The van der Waals surface area contributed by atoms with E-state index in [2.05, 4.69) is 13.8 Å². The Morgan fingerprint density at radius 1 is 1.26 bits per heavy atom. The number of hydrogen-bond acceptors (Lipinski definition) is 2. The number of amides is 1. The largest absolute Gasteiger partial charge is 0.399 e. The fourth-order valence-corrected chi connectivity index (χ4v) is 2.74. The van der Waals surface area contributed by atoms with Crippen LogP contribution < -0.4 is 5.73 Å². The Morgan fingerprint density at radius 2 is 1.95 bits per heavy atom. The van der Waals surface area contributed by atoms with Crippen molar-refractivity contribution in [1.29, 1.82) is 0 Å². The van der Waals surface area contributed by atoms with E-state index in [4.69, 9.17) is 5.73 Å². The lowest BCUT2D eigenvalue weighted by Gasteiger charge is -2.22. The van der Waals surface area contributed by atoms with Crippen molar-refractivity contribution in [2.45, 2.75) is 39.7 Å². The van der Waals surface area contributed by atoms with Crippen LogP contribution in [0.2, 0.25) is 0 Å². The maximum atomic E-state index is 12.2. The zero-order valence-electron chi connectivity index (χ0n) is 11.9. The summed E-state index contributed by atoms with van der Waals surface area (Å²) in [7, 11) is 0. The predicted octanol–water partition coefficient (Wildman–Crippen LogP) is 3.05. The monoisotopic (exact) mass is 260 g/mol. The lowest BCUT2D eigenvalue weighted by molar-refractivity contribution is -0.131.